The van der Waals surface area contributed by atoms with Crippen LogP contribution in [0.3, 0.4) is 0 Å². The number of benzene rings is 1. The minimum absolute atomic E-state index is 0.0681. The first-order valence-corrected chi connectivity index (χ1v) is 13.5. The van der Waals surface area contributed by atoms with Crippen molar-refractivity contribution in [1.29, 1.82) is 0 Å². The number of hydrogen-bond donors (Lipinski definition) is 2. The maximum Gasteiger partial charge on any atom is 0.317 e. The molecular weight excluding hydrogens is 450 g/mol. The van der Waals surface area contributed by atoms with Gasteiger partial charge in [0.2, 0.25) is 5.91 Å². The molecule has 36 heavy (non-hydrogen) atoms. The van der Waals surface area contributed by atoms with Gasteiger partial charge in [-0.05, 0) is 69.2 Å². The molecule has 2 aromatic rings. The van der Waals surface area contributed by atoms with Gasteiger partial charge in [-0.3, -0.25) is 9.59 Å². The Labute approximate surface area is 216 Å². The molecule has 1 atom stereocenters. The van der Waals surface area contributed by atoms with Crippen molar-refractivity contribution in [1.82, 2.24) is 10.3 Å². The Morgan fingerprint density at radius 2 is 1.72 bits per heavy atom. The highest BCUT2D eigenvalue weighted by Crippen LogP contribution is 2.41. The Morgan fingerprint density at radius 1 is 1.03 bits per heavy atom. The first-order valence-electron chi connectivity index (χ1n) is 13.5. The van der Waals surface area contributed by atoms with Crippen molar-refractivity contribution in [3.63, 3.8) is 0 Å². The standard InChI is InChI=1S/C30H43N3O3/c1-24(2)22-29(3,17-13-20-31-23-27(34)33-26-16-9-12-21-32-26)36-28(35)30(18-10-4-5-11-19-30)25-14-7-6-8-15-25/h6-9,12,14-16,21,24,31H,4-5,10-11,13,17-20,22-23H2,1-3H3,(H,32,33,34)/t29-/m1/s1. The lowest BCUT2D eigenvalue weighted by Gasteiger charge is -2.38. The molecule has 0 unspecified atom stereocenters. The monoisotopic (exact) mass is 493 g/mol. The molecule has 1 aromatic carbocycles. The van der Waals surface area contributed by atoms with Crippen LogP contribution in [0.25, 0.3) is 0 Å². The van der Waals surface area contributed by atoms with Crippen LogP contribution in [-0.2, 0) is 19.7 Å². The lowest BCUT2D eigenvalue weighted by atomic mass is 9.74. The van der Waals surface area contributed by atoms with E-state index in [4.69, 9.17) is 4.74 Å². The third-order valence-electron chi connectivity index (χ3n) is 7.13. The molecule has 0 spiro atoms. The summed E-state index contributed by atoms with van der Waals surface area (Å²) in [5, 5.41) is 5.99. The van der Waals surface area contributed by atoms with E-state index in [0.717, 1.165) is 50.5 Å². The average molecular weight is 494 g/mol. The maximum atomic E-state index is 13.9. The zero-order valence-corrected chi connectivity index (χ0v) is 22.2. The first kappa shape index (κ1) is 27.9. The van der Waals surface area contributed by atoms with E-state index in [9.17, 15) is 9.59 Å². The van der Waals surface area contributed by atoms with Crippen LogP contribution >= 0.6 is 0 Å². The lowest BCUT2D eigenvalue weighted by molar-refractivity contribution is -0.168. The zero-order valence-electron chi connectivity index (χ0n) is 22.2. The first-order chi connectivity index (χ1) is 17.3. The number of carbonyl (C=O) groups excluding carboxylic acids is 2. The van der Waals surface area contributed by atoms with E-state index in [1.807, 2.05) is 30.3 Å². The molecule has 1 saturated carbocycles. The summed E-state index contributed by atoms with van der Waals surface area (Å²) < 4.78 is 6.45. The van der Waals surface area contributed by atoms with Crippen LogP contribution in [0.1, 0.15) is 84.1 Å². The minimum Gasteiger partial charge on any atom is -0.459 e. The Hall–Kier alpha value is -2.73. The normalized spacial score (nSPS) is 17.1. The molecule has 1 aliphatic carbocycles. The topological polar surface area (TPSA) is 80.3 Å². The number of anilines is 1. The summed E-state index contributed by atoms with van der Waals surface area (Å²) in [5.41, 5.74) is -0.0147. The molecule has 0 radical (unpaired) electrons. The third-order valence-corrected chi connectivity index (χ3v) is 7.13. The highest BCUT2D eigenvalue weighted by Gasteiger charge is 2.44. The lowest BCUT2D eigenvalue weighted by Crippen LogP contribution is -2.44. The van der Waals surface area contributed by atoms with Crippen LogP contribution in [0.5, 0.6) is 0 Å². The van der Waals surface area contributed by atoms with Gasteiger partial charge in [-0.2, -0.15) is 0 Å². The highest BCUT2D eigenvalue weighted by atomic mass is 16.6. The fourth-order valence-electron chi connectivity index (χ4n) is 5.49. The van der Waals surface area contributed by atoms with E-state index < -0.39 is 11.0 Å². The second kappa shape index (κ2) is 13.5. The van der Waals surface area contributed by atoms with Crippen molar-refractivity contribution in [2.24, 2.45) is 5.92 Å². The van der Waals surface area contributed by atoms with Gasteiger partial charge in [0, 0.05) is 6.20 Å². The smallest absolute Gasteiger partial charge is 0.317 e. The van der Waals surface area contributed by atoms with Gasteiger partial charge < -0.3 is 15.4 Å². The Kier molecular flexibility index (Phi) is 10.5. The van der Waals surface area contributed by atoms with Gasteiger partial charge in [0.15, 0.2) is 0 Å². The highest BCUT2D eigenvalue weighted by molar-refractivity contribution is 5.91. The van der Waals surface area contributed by atoms with E-state index >= 15 is 0 Å². The molecule has 1 amide bonds. The third kappa shape index (κ3) is 8.16. The molecule has 196 valence electrons. The summed E-state index contributed by atoms with van der Waals surface area (Å²) >= 11 is 0. The van der Waals surface area contributed by atoms with Gasteiger partial charge in [0.25, 0.3) is 0 Å². The van der Waals surface area contributed by atoms with Crippen LogP contribution in [0.15, 0.2) is 54.7 Å². The number of amides is 1. The molecule has 1 fully saturated rings. The second-order valence-corrected chi connectivity index (χ2v) is 10.8. The van der Waals surface area contributed by atoms with Gasteiger partial charge in [-0.1, -0.05) is 75.9 Å². The summed E-state index contributed by atoms with van der Waals surface area (Å²) in [6.45, 7) is 7.31. The zero-order chi connectivity index (χ0) is 25.9. The van der Waals surface area contributed by atoms with Crippen molar-refractivity contribution in [3.05, 3.63) is 60.3 Å². The summed E-state index contributed by atoms with van der Waals surface area (Å²) in [6.07, 6.45) is 10.2. The van der Waals surface area contributed by atoms with Gasteiger partial charge in [-0.25, -0.2) is 4.98 Å². The van der Waals surface area contributed by atoms with Crippen LogP contribution < -0.4 is 10.6 Å². The predicted octanol–water partition coefficient (Wildman–Crippen LogP) is 6.03. The Balaban J connectivity index is 1.59. The Bertz CT molecular complexity index is 940. The molecule has 1 aliphatic rings. The van der Waals surface area contributed by atoms with Gasteiger partial charge in [0.05, 0.1) is 12.0 Å². The number of hydrogen-bond acceptors (Lipinski definition) is 5. The van der Waals surface area contributed by atoms with Crippen molar-refractivity contribution < 1.29 is 14.3 Å². The summed E-state index contributed by atoms with van der Waals surface area (Å²) in [5.74, 6) is 0.762. The van der Waals surface area contributed by atoms with E-state index in [2.05, 4.69) is 48.5 Å². The van der Waals surface area contributed by atoms with E-state index in [-0.39, 0.29) is 18.4 Å². The quantitative estimate of drug-likeness (QED) is 0.214. The van der Waals surface area contributed by atoms with Gasteiger partial charge in [0.1, 0.15) is 11.4 Å². The molecule has 1 aromatic heterocycles. The molecule has 0 saturated heterocycles. The predicted molar refractivity (Wildman–Crippen MR) is 145 cm³/mol. The van der Waals surface area contributed by atoms with E-state index in [1.165, 1.54) is 12.8 Å². The van der Waals surface area contributed by atoms with Crippen molar-refractivity contribution >= 4 is 17.7 Å². The van der Waals surface area contributed by atoms with Crippen molar-refractivity contribution in [3.8, 4) is 0 Å². The van der Waals surface area contributed by atoms with E-state index in [1.54, 1.807) is 12.3 Å². The van der Waals surface area contributed by atoms with Crippen molar-refractivity contribution in [2.45, 2.75) is 89.6 Å². The fourth-order valence-corrected chi connectivity index (χ4v) is 5.49. The molecule has 1 heterocycles. The largest absolute Gasteiger partial charge is 0.459 e. The molecule has 6 nitrogen and oxygen atoms in total. The Morgan fingerprint density at radius 3 is 2.36 bits per heavy atom. The number of ether oxygens (including phenoxy) is 1. The molecule has 0 aliphatic heterocycles. The molecule has 2 N–H and O–H groups in total. The number of carbonyl (C=O) groups is 2. The van der Waals surface area contributed by atoms with Gasteiger partial charge >= 0.3 is 5.97 Å². The number of pyridine rings is 1. The second-order valence-electron chi connectivity index (χ2n) is 10.8. The average Bonchev–Trinajstić information content (AvgIpc) is 3.12. The van der Waals surface area contributed by atoms with Crippen LogP contribution in [0, 0.1) is 5.92 Å². The summed E-state index contributed by atoms with van der Waals surface area (Å²) in [6, 6.07) is 15.6. The van der Waals surface area contributed by atoms with Gasteiger partial charge in [-0.15, -0.1) is 0 Å². The maximum absolute atomic E-state index is 13.9. The van der Waals surface area contributed by atoms with Crippen LogP contribution in [-0.4, -0.2) is 35.6 Å². The number of nitrogens with zero attached hydrogens (tertiary/aromatic N) is 1. The SMILES string of the molecule is CC(C)C[C@@](C)(CCCNCC(=O)Nc1ccccn1)OC(=O)C1(c2ccccc2)CCCCCC1. The van der Waals surface area contributed by atoms with Crippen LogP contribution in [0.2, 0.25) is 0 Å². The number of aromatic nitrogens is 1. The molecule has 3 rings (SSSR count). The van der Waals surface area contributed by atoms with Crippen LogP contribution in [0.4, 0.5) is 5.82 Å². The summed E-state index contributed by atoms with van der Waals surface area (Å²) in [4.78, 5) is 30.2. The number of nitrogens with one attached hydrogen (secondary N) is 2. The number of rotatable bonds is 12. The van der Waals surface area contributed by atoms with Crippen molar-refractivity contribution in [2.75, 3.05) is 18.4 Å². The minimum atomic E-state index is -0.558. The number of esters is 1. The molecular formula is C30H43N3O3. The fraction of sp³-hybridized carbons (Fsp3) is 0.567. The molecule has 6 heteroatoms. The van der Waals surface area contributed by atoms with E-state index in [0.29, 0.717) is 18.3 Å². The summed E-state index contributed by atoms with van der Waals surface area (Å²) in [7, 11) is 0. The molecule has 0 bridgehead atoms.